The quantitative estimate of drug-likeness (QED) is 0.745. The first-order valence-electron chi connectivity index (χ1n) is 7.17. The number of hydrogen-bond donors (Lipinski definition) is 2. The van der Waals surface area contributed by atoms with Gasteiger partial charge in [0.2, 0.25) is 5.91 Å². The SMILES string of the molecule is CCCC1(CNC(=O)C[C@@H]2CCC[C@H]2N)CC1. The van der Waals surface area contributed by atoms with E-state index in [4.69, 9.17) is 5.73 Å². The van der Waals surface area contributed by atoms with Crippen LogP contribution in [0.3, 0.4) is 0 Å². The summed E-state index contributed by atoms with van der Waals surface area (Å²) in [5.74, 6) is 0.644. The molecule has 0 heterocycles. The summed E-state index contributed by atoms with van der Waals surface area (Å²) in [5, 5.41) is 3.12. The lowest BCUT2D eigenvalue weighted by Gasteiger charge is -2.18. The van der Waals surface area contributed by atoms with Gasteiger partial charge in [0.25, 0.3) is 0 Å². The summed E-state index contributed by atoms with van der Waals surface area (Å²) < 4.78 is 0. The molecule has 1 amide bonds. The Labute approximate surface area is 105 Å². The first-order valence-corrected chi connectivity index (χ1v) is 7.17. The van der Waals surface area contributed by atoms with Crippen molar-refractivity contribution in [3.8, 4) is 0 Å². The van der Waals surface area contributed by atoms with Crippen LogP contribution in [0.5, 0.6) is 0 Å². The molecule has 2 saturated carbocycles. The second-order valence-electron chi connectivity index (χ2n) is 6.09. The van der Waals surface area contributed by atoms with Gasteiger partial charge >= 0.3 is 0 Å². The van der Waals surface area contributed by atoms with Gasteiger partial charge in [0.15, 0.2) is 0 Å². The summed E-state index contributed by atoms with van der Waals surface area (Å²) in [6, 6.07) is 0.256. The van der Waals surface area contributed by atoms with Crippen LogP contribution >= 0.6 is 0 Å². The first-order chi connectivity index (χ1) is 8.15. The summed E-state index contributed by atoms with van der Waals surface area (Å²) in [5.41, 5.74) is 6.45. The van der Waals surface area contributed by atoms with Crippen LogP contribution in [0.1, 0.15) is 58.3 Å². The van der Waals surface area contributed by atoms with E-state index in [1.54, 1.807) is 0 Å². The van der Waals surface area contributed by atoms with E-state index in [1.165, 1.54) is 32.1 Å². The summed E-state index contributed by atoms with van der Waals surface area (Å²) in [6.07, 6.45) is 9.14. The van der Waals surface area contributed by atoms with E-state index >= 15 is 0 Å². The van der Waals surface area contributed by atoms with Crippen LogP contribution in [0.2, 0.25) is 0 Å². The predicted octanol–water partition coefficient (Wildman–Crippen LogP) is 2.20. The van der Waals surface area contributed by atoms with Crippen molar-refractivity contribution < 1.29 is 4.79 Å². The van der Waals surface area contributed by atoms with Gasteiger partial charge in [-0.1, -0.05) is 19.8 Å². The average molecular weight is 238 g/mol. The van der Waals surface area contributed by atoms with Crippen LogP contribution in [-0.2, 0) is 4.79 Å². The summed E-state index contributed by atoms with van der Waals surface area (Å²) in [6.45, 7) is 3.11. The highest BCUT2D eigenvalue weighted by molar-refractivity contribution is 5.76. The van der Waals surface area contributed by atoms with Crippen molar-refractivity contribution in [3.63, 3.8) is 0 Å². The minimum absolute atomic E-state index is 0.217. The zero-order chi connectivity index (χ0) is 12.3. The largest absolute Gasteiger partial charge is 0.356 e. The Hall–Kier alpha value is -0.570. The zero-order valence-corrected chi connectivity index (χ0v) is 11.0. The Kier molecular flexibility index (Phi) is 4.08. The third-order valence-corrected chi connectivity index (χ3v) is 4.56. The van der Waals surface area contributed by atoms with Crippen LogP contribution in [0.4, 0.5) is 0 Å². The van der Waals surface area contributed by atoms with Gasteiger partial charge in [-0.15, -0.1) is 0 Å². The molecule has 0 radical (unpaired) electrons. The third kappa shape index (κ3) is 3.44. The number of nitrogens with two attached hydrogens (primary N) is 1. The highest BCUT2D eigenvalue weighted by Gasteiger charge is 2.41. The molecule has 0 bridgehead atoms. The summed E-state index contributed by atoms with van der Waals surface area (Å²) >= 11 is 0. The fourth-order valence-electron chi connectivity index (χ4n) is 3.14. The van der Waals surface area contributed by atoms with Crippen LogP contribution in [0, 0.1) is 11.3 Å². The number of carbonyl (C=O) groups is 1. The number of nitrogens with one attached hydrogen (secondary N) is 1. The topological polar surface area (TPSA) is 55.1 Å². The van der Waals surface area contributed by atoms with E-state index in [0.717, 1.165) is 19.4 Å². The Morgan fingerprint density at radius 1 is 1.41 bits per heavy atom. The standard InChI is InChI=1S/C14H26N2O/c1-2-6-14(7-8-14)10-16-13(17)9-11-4-3-5-12(11)15/h11-12H,2-10,15H2,1H3,(H,16,17)/t11-,12+/m0/s1. The van der Waals surface area contributed by atoms with Gasteiger partial charge in [-0.3, -0.25) is 4.79 Å². The molecule has 2 rings (SSSR count). The molecule has 0 spiro atoms. The van der Waals surface area contributed by atoms with E-state index in [0.29, 0.717) is 17.8 Å². The maximum Gasteiger partial charge on any atom is 0.220 e. The summed E-state index contributed by atoms with van der Waals surface area (Å²) in [4.78, 5) is 11.9. The maximum atomic E-state index is 11.9. The van der Waals surface area contributed by atoms with Crippen LogP contribution in [-0.4, -0.2) is 18.5 Å². The minimum atomic E-state index is 0.217. The Bertz CT molecular complexity index is 273. The maximum absolute atomic E-state index is 11.9. The Balaban J connectivity index is 1.67. The molecule has 98 valence electrons. The van der Waals surface area contributed by atoms with Crippen molar-refractivity contribution in [1.29, 1.82) is 0 Å². The van der Waals surface area contributed by atoms with Crippen molar-refractivity contribution >= 4 is 5.91 Å². The molecule has 0 aliphatic heterocycles. The van der Waals surface area contributed by atoms with Gasteiger partial charge in [-0.25, -0.2) is 0 Å². The fraction of sp³-hybridized carbons (Fsp3) is 0.929. The molecule has 0 aromatic rings. The van der Waals surface area contributed by atoms with Gasteiger partial charge < -0.3 is 11.1 Å². The lowest BCUT2D eigenvalue weighted by molar-refractivity contribution is -0.122. The highest BCUT2D eigenvalue weighted by Crippen LogP contribution is 2.48. The third-order valence-electron chi connectivity index (χ3n) is 4.56. The molecule has 3 N–H and O–H groups in total. The molecule has 0 aromatic heterocycles. The number of amides is 1. The van der Waals surface area contributed by atoms with Crippen molar-refractivity contribution in [2.75, 3.05) is 6.54 Å². The number of hydrogen-bond acceptors (Lipinski definition) is 2. The molecule has 3 heteroatoms. The molecule has 2 aliphatic rings. The molecular formula is C14H26N2O. The molecule has 0 aromatic carbocycles. The Morgan fingerprint density at radius 3 is 2.71 bits per heavy atom. The molecular weight excluding hydrogens is 212 g/mol. The van der Waals surface area contributed by atoms with Crippen molar-refractivity contribution in [1.82, 2.24) is 5.32 Å². The Morgan fingerprint density at radius 2 is 2.18 bits per heavy atom. The second kappa shape index (κ2) is 5.38. The van der Waals surface area contributed by atoms with Gasteiger partial charge in [0, 0.05) is 19.0 Å². The van der Waals surface area contributed by atoms with Gasteiger partial charge in [-0.05, 0) is 43.4 Å². The molecule has 0 saturated heterocycles. The molecule has 0 unspecified atom stereocenters. The number of rotatable bonds is 6. The zero-order valence-electron chi connectivity index (χ0n) is 11.0. The molecule has 3 nitrogen and oxygen atoms in total. The van der Waals surface area contributed by atoms with E-state index in [9.17, 15) is 4.79 Å². The van der Waals surface area contributed by atoms with E-state index in [-0.39, 0.29) is 11.9 Å². The van der Waals surface area contributed by atoms with Crippen LogP contribution < -0.4 is 11.1 Å². The van der Waals surface area contributed by atoms with Gasteiger partial charge in [0.05, 0.1) is 0 Å². The second-order valence-corrected chi connectivity index (χ2v) is 6.09. The minimum Gasteiger partial charge on any atom is -0.356 e. The predicted molar refractivity (Wildman–Crippen MR) is 69.5 cm³/mol. The molecule has 17 heavy (non-hydrogen) atoms. The number of carbonyl (C=O) groups excluding carboxylic acids is 1. The van der Waals surface area contributed by atoms with E-state index < -0.39 is 0 Å². The first kappa shape index (κ1) is 12.9. The van der Waals surface area contributed by atoms with Crippen molar-refractivity contribution in [2.45, 2.75) is 64.3 Å². The van der Waals surface area contributed by atoms with Gasteiger partial charge in [-0.2, -0.15) is 0 Å². The molecule has 2 atom stereocenters. The summed E-state index contributed by atoms with van der Waals surface area (Å²) in [7, 11) is 0. The van der Waals surface area contributed by atoms with Crippen LogP contribution in [0.25, 0.3) is 0 Å². The lowest BCUT2D eigenvalue weighted by Crippen LogP contribution is -2.34. The molecule has 2 fully saturated rings. The van der Waals surface area contributed by atoms with Crippen molar-refractivity contribution in [2.24, 2.45) is 17.1 Å². The lowest BCUT2D eigenvalue weighted by atomic mass is 9.98. The smallest absolute Gasteiger partial charge is 0.220 e. The van der Waals surface area contributed by atoms with E-state index in [1.807, 2.05) is 0 Å². The van der Waals surface area contributed by atoms with Crippen LogP contribution in [0.15, 0.2) is 0 Å². The monoisotopic (exact) mass is 238 g/mol. The highest BCUT2D eigenvalue weighted by atomic mass is 16.1. The van der Waals surface area contributed by atoms with Gasteiger partial charge in [0.1, 0.15) is 0 Å². The van der Waals surface area contributed by atoms with Crippen molar-refractivity contribution in [3.05, 3.63) is 0 Å². The fourth-order valence-corrected chi connectivity index (χ4v) is 3.14. The molecule has 2 aliphatic carbocycles. The van der Waals surface area contributed by atoms with E-state index in [2.05, 4.69) is 12.2 Å². The average Bonchev–Trinajstić information content (AvgIpc) is 2.95. The normalized spacial score (nSPS) is 30.2.